The average molecular weight is 242 g/mol. The lowest BCUT2D eigenvalue weighted by Gasteiger charge is -2.34. The first-order valence-corrected chi connectivity index (χ1v) is 5.66. The number of benzene rings is 1. The monoisotopic (exact) mass is 242 g/mol. The van der Waals surface area contributed by atoms with Crippen molar-refractivity contribution in [3.05, 3.63) is 35.4 Å². The fourth-order valence-electron chi connectivity index (χ4n) is 2.00. The summed E-state index contributed by atoms with van der Waals surface area (Å²) < 4.78 is 31.9. The van der Waals surface area contributed by atoms with E-state index in [1.54, 1.807) is 0 Å². The van der Waals surface area contributed by atoms with Gasteiger partial charge in [0.15, 0.2) is 0 Å². The molecule has 1 fully saturated rings. The summed E-state index contributed by atoms with van der Waals surface area (Å²) in [6.07, 6.45) is 0. The molecule has 1 aromatic carbocycles. The number of nitrogens with two attached hydrogens (primary N) is 1. The lowest BCUT2D eigenvalue weighted by Crippen LogP contribution is -2.48. The molecule has 2 rings (SSSR count). The van der Waals surface area contributed by atoms with Gasteiger partial charge in [0, 0.05) is 31.2 Å². The molecule has 1 heterocycles. The zero-order chi connectivity index (χ0) is 12.3. The Morgan fingerprint density at radius 1 is 1.41 bits per heavy atom. The fraction of sp³-hybridized carbons (Fsp3) is 0.500. The molecule has 1 unspecified atom stereocenters. The predicted molar refractivity (Wildman–Crippen MR) is 60.4 cm³/mol. The molecule has 0 radical (unpaired) electrons. The summed E-state index contributed by atoms with van der Waals surface area (Å²) >= 11 is 0. The van der Waals surface area contributed by atoms with E-state index in [2.05, 4.69) is 0 Å². The molecule has 1 atom stereocenters. The van der Waals surface area contributed by atoms with Crippen molar-refractivity contribution in [2.75, 3.05) is 26.3 Å². The Morgan fingerprint density at radius 2 is 2.24 bits per heavy atom. The molecule has 2 N–H and O–H groups in total. The second-order valence-electron chi connectivity index (χ2n) is 4.17. The highest BCUT2D eigenvalue weighted by atomic mass is 19.1. The third-order valence-electron chi connectivity index (χ3n) is 3.00. The van der Waals surface area contributed by atoms with E-state index in [1.807, 2.05) is 4.90 Å². The Balaban J connectivity index is 2.10. The number of nitrogens with zero attached hydrogens (tertiary/aromatic N) is 1. The van der Waals surface area contributed by atoms with E-state index in [0.29, 0.717) is 38.4 Å². The molecule has 1 aromatic rings. The Morgan fingerprint density at radius 3 is 3.00 bits per heavy atom. The summed E-state index contributed by atoms with van der Waals surface area (Å²) in [5.41, 5.74) is 5.99. The number of ether oxygens (including phenoxy) is 1. The molecule has 0 saturated carbocycles. The van der Waals surface area contributed by atoms with Gasteiger partial charge in [-0.2, -0.15) is 0 Å². The Kier molecular flexibility index (Phi) is 4.04. The van der Waals surface area contributed by atoms with Crippen molar-refractivity contribution in [2.45, 2.75) is 12.6 Å². The molecule has 0 bridgehead atoms. The van der Waals surface area contributed by atoms with Gasteiger partial charge in [-0.25, -0.2) is 8.78 Å². The lowest BCUT2D eigenvalue weighted by atomic mass is 10.1. The van der Waals surface area contributed by atoms with Gasteiger partial charge in [0.25, 0.3) is 0 Å². The molecule has 0 amide bonds. The number of hydrogen-bond donors (Lipinski definition) is 1. The molecule has 3 nitrogen and oxygen atoms in total. The van der Waals surface area contributed by atoms with Crippen LogP contribution in [0.1, 0.15) is 5.56 Å². The van der Waals surface area contributed by atoms with Crippen LogP contribution in [0.5, 0.6) is 0 Å². The molecule has 1 saturated heterocycles. The topological polar surface area (TPSA) is 38.5 Å². The summed E-state index contributed by atoms with van der Waals surface area (Å²) in [6, 6.07) is 3.59. The maximum atomic E-state index is 13.5. The molecule has 0 aromatic heterocycles. The van der Waals surface area contributed by atoms with E-state index in [0.717, 1.165) is 12.1 Å². The summed E-state index contributed by atoms with van der Waals surface area (Å²) in [5, 5.41) is 0. The number of morpholine rings is 1. The lowest BCUT2D eigenvalue weighted by molar-refractivity contribution is -0.00839. The molecule has 1 aliphatic heterocycles. The normalized spacial score (nSPS) is 21.7. The van der Waals surface area contributed by atoms with Crippen LogP contribution in [-0.2, 0) is 11.3 Å². The minimum Gasteiger partial charge on any atom is -0.378 e. The Labute approximate surface area is 99.2 Å². The Hall–Kier alpha value is -1.04. The fourth-order valence-corrected chi connectivity index (χ4v) is 2.00. The molecule has 94 valence electrons. The predicted octanol–water partition coefficient (Wildman–Crippen LogP) is 1.12. The van der Waals surface area contributed by atoms with Crippen molar-refractivity contribution >= 4 is 0 Å². The van der Waals surface area contributed by atoms with Crippen molar-refractivity contribution in [3.8, 4) is 0 Å². The van der Waals surface area contributed by atoms with E-state index < -0.39 is 5.82 Å². The number of rotatable bonds is 3. The molecule has 17 heavy (non-hydrogen) atoms. The van der Waals surface area contributed by atoms with Gasteiger partial charge in [-0.1, -0.05) is 0 Å². The molecule has 0 spiro atoms. The van der Waals surface area contributed by atoms with Crippen LogP contribution >= 0.6 is 0 Å². The van der Waals surface area contributed by atoms with Gasteiger partial charge in [0.05, 0.1) is 13.2 Å². The minimum atomic E-state index is -0.418. The van der Waals surface area contributed by atoms with Crippen LogP contribution < -0.4 is 5.73 Å². The molecule has 1 aliphatic rings. The third-order valence-corrected chi connectivity index (χ3v) is 3.00. The highest BCUT2D eigenvalue weighted by molar-refractivity contribution is 5.18. The summed E-state index contributed by atoms with van der Waals surface area (Å²) in [7, 11) is 0. The van der Waals surface area contributed by atoms with Gasteiger partial charge in [0.1, 0.15) is 11.6 Å². The van der Waals surface area contributed by atoms with Crippen LogP contribution in [0.3, 0.4) is 0 Å². The van der Waals surface area contributed by atoms with Crippen molar-refractivity contribution in [2.24, 2.45) is 5.73 Å². The summed E-state index contributed by atoms with van der Waals surface area (Å²) in [5.74, 6) is -0.798. The van der Waals surface area contributed by atoms with E-state index in [9.17, 15) is 8.78 Å². The molecular weight excluding hydrogens is 226 g/mol. The van der Waals surface area contributed by atoms with Gasteiger partial charge >= 0.3 is 0 Å². The first kappa shape index (κ1) is 12.4. The van der Waals surface area contributed by atoms with Gasteiger partial charge in [-0.05, 0) is 18.2 Å². The smallest absolute Gasteiger partial charge is 0.127 e. The van der Waals surface area contributed by atoms with Crippen LogP contribution in [0.15, 0.2) is 18.2 Å². The van der Waals surface area contributed by atoms with Crippen LogP contribution in [0.25, 0.3) is 0 Å². The highest BCUT2D eigenvalue weighted by Gasteiger charge is 2.22. The van der Waals surface area contributed by atoms with Gasteiger partial charge in [-0.3, -0.25) is 4.90 Å². The van der Waals surface area contributed by atoms with Crippen LogP contribution in [0, 0.1) is 11.6 Å². The second-order valence-corrected chi connectivity index (χ2v) is 4.17. The van der Waals surface area contributed by atoms with Crippen LogP contribution in [0.4, 0.5) is 8.78 Å². The Bertz CT molecular complexity index is 387. The quantitative estimate of drug-likeness (QED) is 0.863. The first-order chi connectivity index (χ1) is 8.20. The largest absolute Gasteiger partial charge is 0.378 e. The van der Waals surface area contributed by atoms with Crippen molar-refractivity contribution in [1.82, 2.24) is 4.90 Å². The van der Waals surface area contributed by atoms with E-state index >= 15 is 0 Å². The number of hydrogen-bond acceptors (Lipinski definition) is 3. The molecular formula is C12H16F2N2O. The van der Waals surface area contributed by atoms with E-state index in [4.69, 9.17) is 10.5 Å². The zero-order valence-corrected chi connectivity index (χ0v) is 9.53. The van der Waals surface area contributed by atoms with Gasteiger partial charge in [0.2, 0.25) is 0 Å². The van der Waals surface area contributed by atoms with Crippen molar-refractivity contribution in [3.63, 3.8) is 0 Å². The van der Waals surface area contributed by atoms with E-state index in [-0.39, 0.29) is 11.9 Å². The first-order valence-electron chi connectivity index (χ1n) is 5.66. The molecule has 0 aliphatic carbocycles. The van der Waals surface area contributed by atoms with Crippen molar-refractivity contribution in [1.29, 1.82) is 0 Å². The standard InChI is InChI=1S/C12H16F2N2O/c13-10-1-2-12(14)9(5-10)7-16-3-4-17-8-11(16)6-15/h1-2,5,11H,3-4,6-8,15H2. The maximum absolute atomic E-state index is 13.5. The SMILES string of the molecule is NCC1COCCN1Cc1cc(F)ccc1F. The second kappa shape index (κ2) is 5.53. The van der Waals surface area contributed by atoms with Crippen LogP contribution in [-0.4, -0.2) is 37.2 Å². The highest BCUT2D eigenvalue weighted by Crippen LogP contribution is 2.15. The summed E-state index contributed by atoms with van der Waals surface area (Å²) in [6.45, 7) is 2.67. The zero-order valence-electron chi connectivity index (χ0n) is 9.53. The molecule has 5 heteroatoms. The van der Waals surface area contributed by atoms with E-state index in [1.165, 1.54) is 6.07 Å². The van der Waals surface area contributed by atoms with Gasteiger partial charge < -0.3 is 10.5 Å². The number of halogens is 2. The van der Waals surface area contributed by atoms with Gasteiger partial charge in [-0.15, -0.1) is 0 Å². The minimum absolute atomic E-state index is 0.0754. The summed E-state index contributed by atoms with van der Waals surface area (Å²) in [4.78, 5) is 2.03. The maximum Gasteiger partial charge on any atom is 0.127 e. The average Bonchev–Trinajstić information content (AvgIpc) is 2.34. The third kappa shape index (κ3) is 3.00. The van der Waals surface area contributed by atoms with Crippen LogP contribution in [0.2, 0.25) is 0 Å². The van der Waals surface area contributed by atoms with Crippen molar-refractivity contribution < 1.29 is 13.5 Å².